The van der Waals surface area contributed by atoms with Crippen molar-refractivity contribution in [2.24, 2.45) is 4.99 Å². The number of benzene rings is 1. The van der Waals surface area contributed by atoms with Crippen molar-refractivity contribution < 1.29 is 4.79 Å². The molecular weight excluding hydrogens is 400 g/mol. The number of piperazine rings is 1. The second-order valence-electron chi connectivity index (χ2n) is 8.94. The van der Waals surface area contributed by atoms with Gasteiger partial charge in [-0.2, -0.15) is 0 Å². The van der Waals surface area contributed by atoms with Crippen LogP contribution in [0.3, 0.4) is 0 Å². The SMILES string of the molecule is CCNC(=NCc1ccc(N2CC=CC2)cc1)N1CCN(C(C)C(=O)N2CCCC2)CC1. The number of rotatable bonds is 6. The number of anilines is 1. The van der Waals surface area contributed by atoms with E-state index in [1.54, 1.807) is 0 Å². The summed E-state index contributed by atoms with van der Waals surface area (Å²) in [5.41, 5.74) is 2.49. The zero-order valence-electron chi connectivity index (χ0n) is 19.7. The van der Waals surface area contributed by atoms with Gasteiger partial charge in [-0.25, -0.2) is 4.99 Å². The highest BCUT2D eigenvalue weighted by Crippen LogP contribution is 2.18. The Balaban J connectivity index is 1.30. The van der Waals surface area contributed by atoms with Crippen LogP contribution in [0, 0.1) is 0 Å². The Bertz CT molecular complexity index is 798. The molecule has 0 radical (unpaired) electrons. The summed E-state index contributed by atoms with van der Waals surface area (Å²) in [7, 11) is 0. The third kappa shape index (κ3) is 5.44. The van der Waals surface area contributed by atoms with Crippen LogP contribution in [0.15, 0.2) is 41.4 Å². The third-order valence-corrected chi connectivity index (χ3v) is 6.80. The quantitative estimate of drug-likeness (QED) is 0.419. The van der Waals surface area contributed by atoms with E-state index in [1.165, 1.54) is 11.3 Å². The number of carbonyl (C=O) groups excluding carboxylic acids is 1. The molecule has 2 saturated heterocycles. The van der Waals surface area contributed by atoms with Gasteiger partial charge in [-0.05, 0) is 44.4 Å². The zero-order chi connectivity index (χ0) is 22.3. The Morgan fingerprint density at radius 3 is 2.25 bits per heavy atom. The Labute approximate surface area is 192 Å². The summed E-state index contributed by atoms with van der Waals surface area (Å²) < 4.78 is 0. The maximum absolute atomic E-state index is 12.8. The van der Waals surface area contributed by atoms with Gasteiger partial charge in [-0.15, -0.1) is 0 Å². The molecule has 32 heavy (non-hydrogen) atoms. The molecular formula is C25H38N6O. The van der Waals surface area contributed by atoms with Gasteiger partial charge in [-0.3, -0.25) is 9.69 Å². The number of nitrogens with zero attached hydrogens (tertiary/aromatic N) is 5. The molecule has 4 rings (SSSR count). The van der Waals surface area contributed by atoms with E-state index in [4.69, 9.17) is 4.99 Å². The minimum Gasteiger partial charge on any atom is -0.364 e. The Morgan fingerprint density at radius 1 is 0.969 bits per heavy atom. The van der Waals surface area contributed by atoms with Gasteiger partial charge in [0, 0.05) is 64.6 Å². The van der Waals surface area contributed by atoms with Crippen LogP contribution >= 0.6 is 0 Å². The van der Waals surface area contributed by atoms with E-state index in [2.05, 4.69) is 70.3 Å². The summed E-state index contributed by atoms with van der Waals surface area (Å²) in [6, 6.07) is 8.73. The molecule has 0 bridgehead atoms. The highest BCUT2D eigenvalue weighted by Gasteiger charge is 2.30. The van der Waals surface area contributed by atoms with Gasteiger partial charge in [0.15, 0.2) is 5.96 Å². The number of nitrogens with one attached hydrogen (secondary N) is 1. The first kappa shape index (κ1) is 22.6. The second kappa shape index (κ2) is 10.9. The van der Waals surface area contributed by atoms with Crippen molar-refractivity contribution in [3.05, 3.63) is 42.0 Å². The molecule has 1 aromatic carbocycles. The molecule has 3 heterocycles. The van der Waals surface area contributed by atoms with Gasteiger partial charge < -0.3 is 20.0 Å². The Hall–Kier alpha value is -2.54. The lowest BCUT2D eigenvalue weighted by Crippen LogP contribution is -2.57. The van der Waals surface area contributed by atoms with E-state index >= 15 is 0 Å². The molecule has 1 aromatic rings. The van der Waals surface area contributed by atoms with Crippen molar-refractivity contribution in [2.45, 2.75) is 39.3 Å². The molecule has 1 amide bonds. The number of aliphatic imine (C=N–C) groups is 1. The molecule has 0 spiro atoms. The lowest BCUT2D eigenvalue weighted by molar-refractivity contribution is -0.135. The van der Waals surface area contributed by atoms with Crippen molar-refractivity contribution in [1.29, 1.82) is 0 Å². The molecule has 1 atom stereocenters. The summed E-state index contributed by atoms with van der Waals surface area (Å²) >= 11 is 0. The van der Waals surface area contributed by atoms with Gasteiger partial charge in [0.05, 0.1) is 12.6 Å². The molecule has 0 saturated carbocycles. The predicted octanol–water partition coefficient (Wildman–Crippen LogP) is 2.16. The minimum atomic E-state index is -0.0286. The van der Waals surface area contributed by atoms with Gasteiger partial charge in [0.2, 0.25) is 5.91 Å². The van der Waals surface area contributed by atoms with E-state index in [1.807, 2.05) is 4.90 Å². The van der Waals surface area contributed by atoms with Crippen LogP contribution in [0.25, 0.3) is 0 Å². The van der Waals surface area contributed by atoms with E-state index in [0.29, 0.717) is 12.5 Å². The highest BCUT2D eigenvalue weighted by atomic mass is 16.2. The Kier molecular flexibility index (Phi) is 7.68. The fraction of sp³-hybridized carbons (Fsp3) is 0.600. The minimum absolute atomic E-state index is 0.0286. The predicted molar refractivity (Wildman–Crippen MR) is 131 cm³/mol. The van der Waals surface area contributed by atoms with Crippen LogP contribution in [0.2, 0.25) is 0 Å². The van der Waals surface area contributed by atoms with Crippen molar-refractivity contribution in [3.8, 4) is 0 Å². The van der Waals surface area contributed by atoms with Crippen molar-refractivity contribution >= 4 is 17.6 Å². The maximum atomic E-state index is 12.8. The van der Waals surface area contributed by atoms with E-state index in [9.17, 15) is 4.79 Å². The highest BCUT2D eigenvalue weighted by molar-refractivity contribution is 5.82. The summed E-state index contributed by atoms with van der Waals surface area (Å²) in [5.74, 6) is 1.27. The summed E-state index contributed by atoms with van der Waals surface area (Å²) in [6.45, 7) is 13.1. The first-order valence-electron chi connectivity index (χ1n) is 12.2. The van der Waals surface area contributed by atoms with Crippen molar-refractivity contribution in [2.75, 3.05) is 63.8 Å². The molecule has 7 heteroatoms. The average Bonchev–Trinajstić information content (AvgIpc) is 3.56. The topological polar surface area (TPSA) is 54.4 Å². The van der Waals surface area contributed by atoms with E-state index < -0.39 is 0 Å². The number of guanidine groups is 1. The monoisotopic (exact) mass is 438 g/mol. The summed E-state index contributed by atoms with van der Waals surface area (Å²) in [4.78, 5) is 26.7. The molecule has 0 aromatic heterocycles. The molecule has 174 valence electrons. The first-order valence-corrected chi connectivity index (χ1v) is 12.2. The first-order chi connectivity index (χ1) is 15.7. The Morgan fingerprint density at radius 2 is 1.62 bits per heavy atom. The standard InChI is InChI=1S/C25H38N6O/c1-3-26-25(27-20-22-8-10-23(11-9-22)29-12-4-5-13-29)31-18-16-28(17-19-31)21(2)24(32)30-14-6-7-15-30/h4-5,8-11,21H,3,6-7,12-20H2,1-2H3,(H,26,27). The number of hydrogen-bond acceptors (Lipinski definition) is 4. The zero-order valence-corrected chi connectivity index (χ0v) is 19.7. The molecule has 1 unspecified atom stereocenters. The van der Waals surface area contributed by atoms with Crippen molar-refractivity contribution in [1.82, 2.24) is 20.0 Å². The molecule has 7 nitrogen and oxygen atoms in total. The van der Waals surface area contributed by atoms with Gasteiger partial charge in [-0.1, -0.05) is 24.3 Å². The number of amides is 1. The van der Waals surface area contributed by atoms with Gasteiger partial charge >= 0.3 is 0 Å². The lowest BCUT2D eigenvalue weighted by Gasteiger charge is -2.39. The molecule has 3 aliphatic heterocycles. The van der Waals surface area contributed by atoms with Gasteiger partial charge in [0.1, 0.15) is 0 Å². The smallest absolute Gasteiger partial charge is 0.239 e. The molecule has 0 aliphatic carbocycles. The fourth-order valence-corrected chi connectivity index (χ4v) is 4.77. The van der Waals surface area contributed by atoms with Crippen LogP contribution in [0.5, 0.6) is 0 Å². The number of hydrogen-bond donors (Lipinski definition) is 1. The lowest BCUT2D eigenvalue weighted by atomic mass is 10.2. The van der Waals surface area contributed by atoms with Crippen LogP contribution < -0.4 is 10.2 Å². The van der Waals surface area contributed by atoms with Gasteiger partial charge in [0.25, 0.3) is 0 Å². The second-order valence-corrected chi connectivity index (χ2v) is 8.94. The van der Waals surface area contributed by atoms with E-state index in [0.717, 1.165) is 77.7 Å². The number of likely N-dealkylation sites (tertiary alicyclic amines) is 1. The number of carbonyl (C=O) groups is 1. The molecule has 1 N–H and O–H groups in total. The average molecular weight is 439 g/mol. The van der Waals surface area contributed by atoms with Crippen LogP contribution in [0.4, 0.5) is 5.69 Å². The summed E-state index contributed by atoms with van der Waals surface area (Å²) in [6.07, 6.45) is 6.72. The van der Waals surface area contributed by atoms with Crippen LogP contribution in [-0.2, 0) is 11.3 Å². The largest absolute Gasteiger partial charge is 0.364 e. The molecule has 2 fully saturated rings. The molecule has 3 aliphatic rings. The van der Waals surface area contributed by atoms with E-state index in [-0.39, 0.29) is 6.04 Å². The normalized spacial score (nSPS) is 20.8. The maximum Gasteiger partial charge on any atom is 0.239 e. The van der Waals surface area contributed by atoms with Crippen LogP contribution in [0.1, 0.15) is 32.3 Å². The van der Waals surface area contributed by atoms with Crippen LogP contribution in [-0.4, -0.2) is 91.5 Å². The fourth-order valence-electron chi connectivity index (χ4n) is 4.77. The third-order valence-electron chi connectivity index (χ3n) is 6.80. The van der Waals surface area contributed by atoms with Crippen molar-refractivity contribution in [3.63, 3.8) is 0 Å². The summed E-state index contributed by atoms with van der Waals surface area (Å²) in [5, 5.41) is 3.46.